The first-order chi connectivity index (χ1) is 13.1. The molecule has 0 spiro atoms. The summed E-state index contributed by atoms with van der Waals surface area (Å²) in [6.45, 7) is 8.60. The molecule has 3 heterocycles. The monoisotopic (exact) mass is 386 g/mol. The van der Waals surface area contributed by atoms with Crippen LogP contribution in [0.15, 0.2) is 15.5 Å². The van der Waals surface area contributed by atoms with Crippen molar-refractivity contribution in [1.29, 1.82) is 0 Å². The lowest BCUT2D eigenvalue weighted by molar-refractivity contribution is 0.527. The third-order valence-electron chi connectivity index (χ3n) is 5.72. The second kappa shape index (κ2) is 7.68. The van der Waals surface area contributed by atoms with Gasteiger partial charge in [0.25, 0.3) is 0 Å². The summed E-state index contributed by atoms with van der Waals surface area (Å²) in [6, 6.07) is 0.484. The molecule has 1 fully saturated rings. The first kappa shape index (κ1) is 18.6. The highest BCUT2D eigenvalue weighted by atomic mass is 32.1. The average molecular weight is 387 g/mol. The predicted molar refractivity (Wildman–Crippen MR) is 113 cm³/mol. The highest BCUT2D eigenvalue weighted by Crippen LogP contribution is 2.38. The van der Waals surface area contributed by atoms with E-state index in [2.05, 4.69) is 42.8 Å². The van der Waals surface area contributed by atoms with Gasteiger partial charge in [-0.05, 0) is 43.8 Å². The Morgan fingerprint density at radius 2 is 2.30 bits per heavy atom. The van der Waals surface area contributed by atoms with Gasteiger partial charge in [-0.15, -0.1) is 0 Å². The van der Waals surface area contributed by atoms with E-state index < -0.39 is 0 Å². The van der Waals surface area contributed by atoms with Crippen LogP contribution in [0.4, 0.5) is 5.82 Å². The van der Waals surface area contributed by atoms with E-state index in [0.717, 1.165) is 68.3 Å². The quantitative estimate of drug-likeness (QED) is 0.655. The van der Waals surface area contributed by atoms with E-state index in [1.165, 1.54) is 27.7 Å². The van der Waals surface area contributed by atoms with Crippen LogP contribution in [0.5, 0.6) is 0 Å². The van der Waals surface area contributed by atoms with Crippen LogP contribution < -0.4 is 11.1 Å². The van der Waals surface area contributed by atoms with Gasteiger partial charge in [0.05, 0.1) is 4.88 Å². The van der Waals surface area contributed by atoms with Gasteiger partial charge in [-0.25, -0.2) is 4.98 Å². The molecule has 0 bridgehead atoms. The highest BCUT2D eigenvalue weighted by Gasteiger charge is 2.27. The fraction of sp³-hybridized carbons (Fsp3) is 0.571. The van der Waals surface area contributed by atoms with Gasteiger partial charge < -0.3 is 19.5 Å². The van der Waals surface area contributed by atoms with Crippen LogP contribution in [0, 0.1) is 5.92 Å². The Balaban J connectivity index is 1.66. The molecule has 1 aliphatic heterocycles. The molecule has 0 amide bonds. The standard InChI is InChI=1S/C21H30N4OS/c1-4-6-7-25-19(24-20(21(25)22)13(3)8-16-12-23-16)11-15-9-17-18(27-26-17)10-14(15)5-2/h8-9,14,16,23H,4-7,10-12,22H2,1-3H3/b13-8-. The molecule has 2 aromatic rings. The lowest BCUT2D eigenvalue weighted by Gasteiger charge is -2.25. The lowest BCUT2D eigenvalue weighted by Crippen LogP contribution is -2.17. The number of unbranched alkanes of at least 4 members (excludes halogenated alkanes) is 1. The molecule has 146 valence electrons. The normalized spacial score (nSPS) is 22.0. The topological polar surface area (TPSA) is 78.9 Å². The van der Waals surface area contributed by atoms with Crippen molar-refractivity contribution >= 4 is 29.1 Å². The van der Waals surface area contributed by atoms with Crippen molar-refractivity contribution in [1.82, 2.24) is 14.9 Å². The van der Waals surface area contributed by atoms with Gasteiger partial charge in [0.15, 0.2) is 5.76 Å². The van der Waals surface area contributed by atoms with E-state index in [9.17, 15) is 0 Å². The Morgan fingerprint density at radius 3 is 2.93 bits per heavy atom. The zero-order valence-corrected chi connectivity index (χ0v) is 17.4. The summed E-state index contributed by atoms with van der Waals surface area (Å²) in [5, 5.41) is 3.32. The van der Waals surface area contributed by atoms with Crippen molar-refractivity contribution < 1.29 is 3.85 Å². The second-order valence-corrected chi connectivity index (χ2v) is 8.62. The Hall–Kier alpha value is -1.79. The van der Waals surface area contributed by atoms with E-state index in [1.807, 2.05) is 0 Å². The summed E-state index contributed by atoms with van der Waals surface area (Å²) in [5.74, 6) is 3.55. The summed E-state index contributed by atoms with van der Waals surface area (Å²) in [6.07, 6.45) is 9.86. The van der Waals surface area contributed by atoms with Gasteiger partial charge in [-0.3, -0.25) is 0 Å². The molecule has 1 aliphatic carbocycles. The van der Waals surface area contributed by atoms with Crippen LogP contribution in [-0.4, -0.2) is 22.1 Å². The molecule has 3 N–H and O–H groups in total. The first-order valence-electron chi connectivity index (χ1n) is 10.2. The number of allylic oxidation sites excluding steroid dienone is 2. The Morgan fingerprint density at radius 1 is 1.48 bits per heavy atom. The van der Waals surface area contributed by atoms with Crippen LogP contribution in [0.3, 0.4) is 0 Å². The maximum atomic E-state index is 6.56. The van der Waals surface area contributed by atoms with E-state index in [1.54, 1.807) is 0 Å². The number of imidazole rings is 1. The highest BCUT2D eigenvalue weighted by molar-refractivity contribution is 7.04. The SMILES string of the molecule is CCCCn1c(CC2=Cc3osc3CC2CC)nc(/C(C)=C\C2CN2)c1N. The molecule has 4 rings (SSSR count). The Kier molecular flexibility index (Phi) is 5.28. The third-order valence-corrected chi connectivity index (χ3v) is 6.55. The van der Waals surface area contributed by atoms with Gasteiger partial charge in [-0.2, -0.15) is 0 Å². The Bertz CT molecular complexity index is 865. The lowest BCUT2D eigenvalue weighted by atomic mass is 9.85. The number of aromatic nitrogens is 2. The van der Waals surface area contributed by atoms with E-state index in [4.69, 9.17) is 14.6 Å². The van der Waals surface area contributed by atoms with Crippen LogP contribution in [0.2, 0.25) is 0 Å². The summed E-state index contributed by atoms with van der Waals surface area (Å²) in [7, 11) is 0. The number of anilines is 1. The number of rotatable bonds is 8. The smallest absolute Gasteiger partial charge is 0.159 e. The second-order valence-electron chi connectivity index (χ2n) is 7.79. The van der Waals surface area contributed by atoms with Crippen LogP contribution in [-0.2, 0) is 19.4 Å². The molecule has 2 unspecified atom stereocenters. The number of fused-ring (bicyclic) bond motifs is 1. The fourth-order valence-electron chi connectivity index (χ4n) is 3.88. The molecule has 6 heteroatoms. The van der Waals surface area contributed by atoms with Crippen molar-refractivity contribution in [3.8, 4) is 0 Å². The van der Waals surface area contributed by atoms with Crippen LogP contribution in [0.1, 0.15) is 62.2 Å². The number of nitrogens with two attached hydrogens (primary N) is 1. The molecule has 5 nitrogen and oxygen atoms in total. The number of nitrogen functional groups attached to an aromatic ring is 1. The zero-order valence-electron chi connectivity index (χ0n) is 16.5. The minimum Gasteiger partial charge on any atom is -0.400 e. The third kappa shape index (κ3) is 3.78. The maximum Gasteiger partial charge on any atom is 0.159 e. The zero-order chi connectivity index (χ0) is 19.0. The largest absolute Gasteiger partial charge is 0.400 e. The van der Waals surface area contributed by atoms with Gasteiger partial charge in [0.1, 0.15) is 17.3 Å². The number of hydrogen-bond acceptors (Lipinski definition) is 5. The predicted octanol–water partition coefficient (Wildman–Crippen LogP) is 4.50. The summed E-state index contributed by atoms with van der Waals surface area (Å²) in [5.41, 5.74) is 10.1. The van der Waals surface area contributed by atoms with Gasteiger partial charge in [-0.1, -0.05) is 31.9 Å². The summed E-state index contributed by atoms with van der Waals surface area (Å²) >= 11 is 1.53. The molecule has 0 aromatic carbocycles. The summed E-state index contributed by atoms with van der Waals surface area (Å²) < 4.78 is 7.80. The Labute approximate surface area is 165 Å². The molecule has 1 saturated heterocycles. The molecular weight excluding hydrogens is 356 g/mol. The van der Waals surface area contributed by atoms with Crippen molar-refractivity contribution in [2.45, 2.75) is 65.5 Å². The number of nitrogens with one attached hydrogen (secondary N) is 1. The number of nitrogens with zero attached hydrogens (tertiary/aromatic N) is 2. The molecular formula is C21H30N4OS. The minimum atomic E-state index is 0.484. The molecule has 0 radical (unpaired) electrons. The van der Waals surface area contributed by atoms with Crippen molar-refractivity contribution in [2.75, 3.05) is 12.3 Å². The van der Waals surface area contributed by atoms with Gasteiger partial charge >= 0.3 is 0 Å². The van der Waals surface area contributed by atoms with Gasteiger partial charge in [0, 0.05) is 37.2 Å². The number of hydrogen-bond donors (Lipinski definition) is 2. The molecule has 2 atom stereocenters. The summed E-state index contributed by atoms with van der Waals surface area (Å²) in [4.78, 5) is 6.41. The van der Waals surface area contributed by atoms with E-state index >= 15 is 0 Å². The molecule has 27 heavy (non-hydrogen) atoms. The van der Waals surface area contributed by atoms with Crippen LogP contribution >= 0.6 is 11.6 Å². The van der Waals surface area contributed by atoms with Crippen molar-refractivity contribution in [2.24, 2.45) is 5.92 Å². The average Bonchev–Trinajstić information content (AvgIpc) is 3.39. The van der Waals surface area contributed by atoms with Crippen molar-refractivity contribution in [3.63, 3.8) is 0 Å². The van der Waals surface area contributed by atoms with Gasteiger partial charge in [0.2, 0.25) is 0 Å². The molecule has 2 aromatic heterocycles. The first-order valence-corrected chi connectivity index (χ1v) is 10.9. The fourth-order valence-corrected chi connectivity index (χ4v) is 4.56. The van der Waals surface area contributed by atoms with E-state index in [0.29, 0.717) is 12.0 Å². The minimum absolute atomic E-state index is 0.484. The molecule has 0 saturated carbocycles. The van der Waals surface area contributed by atoms with Crippen LogP contribution in [0.25, 0.3) is 11.6 Å². The van der Waals surface area contributed by atoms with E-state index in [-0.39, 0.29) is 0 Å². The van der Waals surface area contributed by atoms with Crippen molar-refractivity contribution in [3.05, 3.63) is 33.8 Å². The molecule has 2 aliphatic rings. The maximum absolute atomic E-state index is 6.56.